The summed E-state index contributed by atoms with van der Waals surface area (Å²) in [6.07, 6.45) is 0.794. The molecule has 0 saturated carbocycles. The number of nitrogens with one attached hydrogen (secondary N) is 6. The summed E-state index contributed by atoms with van der Waals surface area (Å²) in [5.41, 5.74) is 1.03. The first-order valence-corrected chi connectivity index (χ1v) is 16.9. The lowest BCUT2D eigenvalue weighted by Gasteiger charge is -2.25. The van der Waals surface area contributed by atoms with Gasteiger partial charge in [0.2, 0.25) is 29.5 Å². The fourth-order valence-electron chi connectivity index (χ4n) is 4.86. The van der Waals surface area contributed by atoms with Crippen LogP contribution in [0.2, 0.25) is 0 Å². The van der Waals surface area contributed by atoms with Gasteiger partial charge in [0.05, 0.1) is 45.9 Å². The molecule has 0 aliphatic rings. The number of amides is 5. The molecular formula is C33H52N8O12. The number of carboxylic acids is 3. The lowest BCUT2D eigenvalue weighted by molar-refractivity contribution is -0.143. The van der Waals surface area contributed by atoms with Crippen molar-refractivity contribution in [3.63, 3.8) is 0 Å². The van der Waals surface area contributed by atoms with Crippen LogP contribution in [0.3, 0.4) is 0 Å². The second kappa shape index (κ2) is 24.9. The first kappa shape index (κ1) is 45.8. The molecular weight excluding hydrogens is 700 g/mol. The van der Waals surface area contributed by atoms with Gasteiger partial charge in [0.15, 0.2) is 0 Å². The molecule has 0 unspecified atom stereocenters. The number of anilines is 1. The van der Waals surface area contributed by atoms with E-state index >= 15 is 0 Å². The number of unbranched alkanes of at least 4 members (excludes halogenated alkanes) is 1. The summed E-state index contributed by atoms with van der Waals surface area (Å²) < 4.78 is 0. The van der Waals surface area contributed by atoms with Crippen molar-refractivity contribution < 1.29 is 58.8 Å². The quantitative estimate of drug-likeness (QED) is 0.0407. The molecule has 0 aromatic heterocycles. The van der Waals surface area contributed by atoms with Crippen molar-refractivity contribution in [2.24, 2.45) is 5.92 Å². The molecule has 0 spiro atoms. The van der Waals surface area contributed by atoms with Gasteiger partial charge in [-0.05, 0) is 49.9 Å². The number of rotatable bonds is 27. The number of hydrogen-bond acceptors (Lipinski definition) is 12. The van der Waals surface area contributed by atoms with Gasteiger partial charge in [-0.25, -0.2) is 0 Å². The van der Waals surface area contributed by atoms with E-state index in [4.69, 9.17) is 10.2 Å². The van der Waals surface area contributed by atoms with Crippen molar-refractivity contribution in [1.29, 1.82) is 0 Å². The minimum atomic E-state index is -1.26. The van der Waals surface area contributed by atoms with Gasteiger partial charge in [0.25, 0.3) is 0 Å². The Labute approximate surface area is 307 Å². The van der Waals surface area contributed by atoms with E-state index in [0.717, 1.165) is 4.90 Å². The molecule has 2 atom stereocenters. The van der Waals surface area contributed by atoms with Gasteiger partial charge in [-0.3, -0.25) is 48.2 Å². The Morgan fingerprint density at radius 1 is 0.679 bits per heavy atom. The molecule has 5 amide bonds. The first-order valence-electron chi connectivity index (χ1n) is 16.9. The first-order chi connectivity index (χ1) is 25.0. The summed E-state index contributed by atoms with van der Waals surface area (Å²) in [5, 5.41) is 52.3. The highest BCUT2D eigenvalue weighted by atomic mass is 16.4. The number of hydrogen-bond donors (Lipinski definition) is 10. The molecule has 0 fully saturated rings. The average molecular weight is 753 g/mol. The van der Waals surface area contributed by atoms with E-state index in [9.17, 15) is 48.6 Å². The van der Waals surface area contributed by atoms with Crippen molar-refractivity contribution in [1.82, 2.24) is 36.4 Å². The Hall–Kier alpha value is -5.18. The van der Waals surface area contributed by atoms with Gasteiger partial charge in [0, 0.05) is 25.3 Å². The van der Waals surface area contributed by atoms with Crippen LogP contribution in [-0.2, 0) is 45.0 Å². The zero-order valence-corrected chi connectivity index (χ0v) is 30.2. The van der Waals surface area contributed by atoms with Gasteiger partial charge in [-0.1, -0.05) is 26.0 Å². The van der Waals surface area contributed by atoms with Gasteiger partial charge < -0.3 is 52.3 Å². The molecule has 296 valence electrons. The minimum Gasteiger partial charge on any atom is -0.480 e. The fraction of sp³-hybridized carbons (Fsp3) is 0.576. The smallest absolute Gasteiger partial charge is 0.317 e. The third-order valence-corrected chi connectivity index (χ3v) is 7.50. The van der Waals surface area contributed by atoms with E-state index in [2.05, 4.69) is 31.9 Å². The van der Waals surface area contributed by atoms with E-state index in [1.165, 1.54) is 4.90 Å². The van der Waals surface area contributed by atoms with E-state index in [1.54, 1.807) is 45.2 Å². The van der Waals surface area contributed by atoms with Crippen LogP contribution in [0.25, 0.3) is 0 Å². The molecule has 1 aromatic rings. The Morgan fingerprint density at radius 3 is 1.75 bits per heavy atom. The van der Waals surface area contributed by atoms with Crippen LogP contribution in [0.4, 0.5) is 5.69 Å². The molecule has 0 saturated heterocycles. The van der Waals surface area contributed by atoms with Gasteiger partial charge >= 0.3 is 17.9 Å². The predicted molar refractivity (Wildman–Crippen MR) is 189 cm³/mol. The molecule has 0 aliphatic heterocycles. The molecule has 0 radical (unpaired) electrons. The lowest BCUT2D eigenvalue weighted by atomic mass is 10.0. The van der Waals surface area contributed by atoms with E-state index in [1.807, 2.05) is 0 Å². The number of carbonyl (C=O) groups excluding carboxylic acids is 5. The number of benzene rings is 1. The summed E-state index contributed by atoms with van der Waals surface area (Å²) in [6.45, 7) is 0.667. The number of aliphatic hydroxyl groups excluding tert-OH is 1. The van der Waals surface area contributed by atoms with Crippen molar-refractivity contribution in [2.75, 3.05) is 71.3 Å². The summed E-state index contributed by atoms with van der Waals surface area (Å²) in [6, 6.07) is 4.28. The zero-order chi connectivity index (χ0) is 39.9. The minimum absolute atomic E-state index is 0.00103. The maximum Gasteiger partial charge on any atom is 0.317 e. The maximum atomic E-state index is 13.4. The third kappa shape index (κ3) is 20.4. The van der Waals surface area contributed by atoms with Crippen LogP contribution in [0, 0.1) is 5.92 Å². The summed E-state index contributed by atoms with van der Waals surface area (Å²) in [7, 11) is 1.57. The fourth-order valence-corrected chi connectivity index (χ4v) is 4.86. The number of carbonyl (C=O) groups is 8. The van der Waals surface area contributed by atoms with Gasteiger partial charge in [-0.15, -0.1) is 0 Å². The normalized spacial score (nSPS) is 12.1. The highest BCUT2D eigenvalue weighted by Crippen LogP contribution is 2.12. The second-order valence-electron chi connectivity index (χ2n) is 12.4. The van der Waals surface area contributed by atoms with Crippen molar-refractivity contribution >= 4 is 53.1 Å². The molecule has 1 aromatic carbocycles. The Bertz CT molecular complexity index is 1380. The SMILES string of the molecule is CNCC(=O)NCC(=O)N[C@H](C(=O)N[C@@H](CCCCNC(=O)CN(CCN(CC(=O)O)CC(=O)O)CC(=O)O)C(=O)Nc1ccc(CO)cc1)C(C)C. The lowest BCUT2D eigenvalue weighted by Crippen LogP contribution is -2.55. The van der Waals surface area contributed by atoms with Crippen molar-refractivity contribution in [3.8, 4) is 0 Å². The summed E-state index contributed by atoms with van der Waals surface area (Å²) in [4.78, 5) is 99.4. The number of aliphatic carboxylic acids is 3. The molecule has 20 nitrogen and oxygen atoms in total. The standard InChI is InChI=1S/C33H52N8O12/c1-21(2)31(39-26(44)15-36-25(43)14-34-3)33(53)38-24(32(52)37-23-9-7-22(20-42)8-10-23)6-4-5-11-35-27(45)16-40(17-28(46)47)12-13-41(18-29(48)49)19-30(50)51/h7-10,21,24,31,34,42H,4-6,11-20H2,1-3H3,(H,35,45)(H,36,43)(H,37,52)(H,38,53)(H,39,44)(H,46,47)(H,48,49)(H,50,51)/t24-,31-/m0/s1. The number of aliphatic hydroxyl groups is 1. The Morgan fingerprint density at radius 2 is 1.25 bits per heavy atom. The highest BCUT2D eigenvalue weighted by molar-refractivity contribution is 5.98. The van der Waals surface area contributed by atoms with Crippen LogP contribution < -0.4 is 31.9 Å². The van der Waals surface area contributed by atoms with Crippen LogP contribution in [0.5, 0.6) is 0 Å². The number of carboxylic acid groups (broad SMARTS) is 3. The Balaban J connectivity index is 2.88. The van der Waals surface area contributed by atoms with Crippen molar-refractivity contribution in [3.05, 3.63) is 29.8 Å². The van der Waals surface area contributed by atoms with E-state index in [0.29, 0.717) is 24.1 Å². The molecule has 0 aliphatic carbocycles. The monoisotopic (exact) mass is 752 g/mol. The van der Waals surface area contributed by atoms with Crippen molar-refractivity contribution in [2.45, 2.75) is 51.8 Å². The number of nitrogens with zero attached hydrogens (tertiary/aromatic N) is 2. The molecule has 0 bridgehead atoms. The largest absolute Gasteiger partial charge is 0.480 e. The predicted octanol–water partition coefficient (Wildman–Crippen LogP) is -2.78. The van der Waals surface area contributed by atoms with Gasteiger partial charge in [-0.2, -0.15) is 0 Å². The van der Waals surface area contributed by atoms with Gasteiger partial charge in [0.1, 0.15) is 12.1 Å². The van der Waals surface area contributed by atoms with Crippen LogP contribution in [-0.4, -0.2) is 156 Å². The molecule has 0 heterocycles. The molecule has 20 heteroatoms. The van der Waals surface area contributed by atoms with Crippen LogP contribution in [0.1, 0.15) is 38.7 Å². The zero-order valence-electron chi connectivity index (χ0n) is 30.2. The average Bonchev–Trinajstić information content (AvgIpc) is 3.07. The third-order valence-electron chi connectivity index (χ3n) is 7.50. The highest BCUT2D eigenvalue weighted by Gasteiger charge is 2.29. The molecule has 1 rings (SSSR count). The maximum absolute atomic E-state index is 13.4. The topological polar surface area (TPSA) is 296 Å². The van der Waals surface area contributed by atoms with E-state index < -0.39 is 85.1 Å². The molecule has 53 heavy (non-hydrogen) atoms. The molecule has 10 N–H and O–H groups in total. The van der Waals surface area contributed by atoms with Crippen LogP contribution in [0.15, 0.2) is 24.3 Å². The second-order valence-corrected chi connectivity index (χ2v) is 12.4. The number of likely N-dealkylation sites (N-methyl/N-ethyl adjacent to an activating group) is 1. The van der Waals surface area contributed by atoms with Crippen LogP contribution >= 0.6 is 0 Å². The van der Waals surface area contributed by atoms with E-state index in [-0.39, 0.29) is 52.3 Å². The Kier molecular flexibility index (Phi) is 21.5. The summed E-state index contributed by atoms with van der Waals surface area (Å²) in [5.74, 6) is -6.92. The summed E-state index contributed by atoms with van der Waals surface area (Å²) >= 11 is 0.